The van der Waals surface area contributed by atoms with E-state index in [4.69, 9.17) is 0 Å². The van der Waals surface area contributed by atoms with Gasteiger partial charge in [-0.3, -0.25) is 9.69 Å². The number of carbonyl (C=O) groups is 1. The van der Waals surface area contributed by atoms with Gasteiger partial charge >= 0.3 is 0 Å². The molecule has 0 atom stereocenters. The molecule has 0 unspecified atom stereocenters. The molecule has 7 heteroatoms. The summed E-state index contributed by atoms with van der Waals surface area (Å²) in [5.74, 6) is 2.47. The lowest BCUT2D eigenvalue weighted by Gasteiger charge is -2.43. The van der Waals surface area contributed by atoms with E-state index < -0.39 is 9.84 Å². The number of thioether (sulfide) groups is 1. The Morgan fingerprint density at radius 1 is 1.15 bits per heavy atom. The van der Waals surface area contributed by atoms with Crippen molar-refractivity contribution in [3.8, 4) is 0 Å². The number of rotatable bonds is 7. The topological polar surface area (TPSA) is 66.5 Å². The maximum absolute atomic E-state index is 12.5. The van der Waals surface area contributed by atoms with E-state index in [-0.39, 0.29) is 17.2 Å². The molecular weight excluding hydrogens is 380 g/mol. The second-order valence-electron chi connectivity index (χ2n) is 7.53. The number of carbonyl (C=O) groups excluding carboxylic acids is 1. The smallest absolute Gasteiger partial charge is 0.224 e. The zero-order valence-electron chi connectivity index (χ0n) is 16.1. The fourth-order valence-electron chi connectivity index (χ4n) is 4.17. The van der Waals surface area contributed by atoms with E-state index in [0.29, 0.717) is 11.3 Å². The summed E-state index contributed by atoms with van der Waals surface area (Å²) in [6.45, 7) is 4.59. The van der Waals surface area contributed by atoms with E-state index in [1.165, 1.54) is 37.2 Å². The Labute approximate surface area is 167 Å². The Morgan fingerprint density at radius 2 is 1.78 bits per heavy atom. The molecule has 1 aliphatic carbocycles. The van der Waals surface area contributed by atoms with Gasteiger partial charge in [-0.05, 0) is 30.5 Å². The Balaban J connectivity index is 1.57. The van der Waals surface area contributed by atoms with Crippen LogP contribution in [0, 0.1) is 0 Å². The van der Waals surface area contributed by atoms with Gasteiger partial charge in [0.15, 0.2) is 9.84 Å². The quantitative estimate of drug-likeness (QED) is 0.748. The van der Waals surface area contributed by atoms with Gasteiger partial charge in [-0.2, -0.15) is 11.8 Å². The number of sulfone groups is 1. The number of benzene rings is 1. The normalized spacial score (nSPS) is 20.5. The van der Waals surface area contributed by atoms with E-state index in [1.54, 1.807) is 31.2 Å². The van der Waals surface area contributed by atoms with Crippen LogP contribution in [0.1, 0.15) is 38.2 Å². The van der Waals surface area contributed by atoms with Crippen LogP contribution in [-0.2, 0) is 21.1 Å². The minimum atomic E-state index is -3.19. The average molecular weight is 411 g/mol. The molecule has 5 nitrogen and oxygen atoms in total. The monoisotopic (exact) mass is 410 g/mol. The van der Waals surface area contributed by atoms with Crippen molar-refractivity contribution < 1.29 is 13.2 Å². The van der Waals surface area contributed by atoms with Crippen molar-refractivity contribution in [2.45, 2.75) is 49.5 Å². The lowest BCUT2D eigenvalue weighted by Crippen LogP contribution is -2.56. The molecule has 0 bridgehead atoms. The van der Waals surface area contributed by atoms with Crippen molar-refractivity contribution in [3.63, 3.8) is 0 Å². The third-order valence-electron chi connectivity index (χ3n) is 5.86. The second kappa shape index (κ2) is 8.97. The molecular formula is C20H30N2O3S2. The van der Waals surface area contributed by atoms with Crippen molar-refractivity contribution >= 4 is 27.5 Å². The molecule has 3 rings (SSSR count). The molecule has 1 heterocycles. The molecule has 1 saturated carbocycles. The van der Waals surface area contributed by atoms with Crippen LogP contribution in [0.4, 0.5) is 0 Å². The lowest BCUT2D eigenvalue weighted by atomic mass is 9.94. The molecule has 2 fully saturated rings. The summed E-state index contributed by atoms with van der Waals surface area (Å²) in [7, 11) is -3.19. The minimum Gasteiger partial charge on any atom is -0.354 e. The van der Waals surface area contributed by atoms with Gasteiger partial charge in [-0.25, -0.2) is 8.42 Å². The van der Waals surface area contributed by atoms with Crippen molar-refractivity contribution in [2.24, 2.45) is 0 Å². The summed E-state index contributed by atoms with van der Waals surface area (Å²) >= 11 is 2.01. The van der Waals surface area contributed by atoms with Gasteiger partial charge < -0.3 is 5.32 Å². The molecule has 1 aromatic carbocycles. The van der Waals surface area contributed by atoms with Gasteiger partial charge in [-0.15, -0.1) is 0 Å². The first-order valence-corrected chi connectivity index (χ1v) is 12.7. The standard InChI is InChI=1S/C20H30N2O3S2/c1-2-27(24,25)18-7-5-17(6-8-18)15-19(23)21-16-20(9-3-4-10-20)22-11-13-26-14-12-22/h5-8H,2-4,9-16H2,1H3,(H,21,23). The van der Waals surface area contributed by atoms with Gasteiger partial charge in [-0.1, -0.05) is 31.9 Å². The van der Waals surface area contributed by atoms with Crippen LogP contribution in [0.25, 0.3) is 0 Å². The Morgan fingerprint density at radius 3 is 2.37 bits per heavy atom. The third kappa shape index (κ3) is 5.06. The summed E-state index contributed by atoms with van der Waals surface area (Å²) in [6.07, 6.45) is 5.11. The van der Waals surface area contributed by atoms with E-state index in [2.05, 4.69) is 10.2 Å². The third-order valence-corrected chi connectivity index (χ3v) is 8.55. The molecule has 0 radical (unpaired) electrons. The number of hydrogen-bond donors (Lipinski definition) is 1. The molecule has 1 aliphatic heterocycles. The molecule has 2 aliphatic rings. The lowest BCUT2D eigenvalue weighted by molar-refractivity contribution is -0.121. The van der Waals surface area contributed by atoms with Gasteiger partial charge in [0.05, 0.1) is 17.1 Å². The van der Waals surface area contributed by atoms with E-state index >= 15 is 0 Å². The first-order valence-electron chi connectivity index (χ1n) is 9.86. The highest BCUT2D eigenvalue weighted by atomic mass is 32.2. The van der Waals surface area contributed by atoms with Crippen LogP contribution >= 0.6 is 11.8 Å². The van der Waals surface area contributed by atoms with E-state index in [0.717, 1.165) is 25.2 Å². The second-order valence-corrected chi connectivity index (χ2v) is 11.0. The summed E-state index contributed by atoms with van der Waals surface area (Å²) < 4.78 is 23.8. The van der Waals surface area contributed by atoms with E-state index in [9.17, 15) is 13.2 Å². The highest BCUT2D eigenvalue weighted by Gasteiger charge is 2.40. The molecule has 1 amide bonds. The maximum Gasteiger partial charge on any atom is 0.224 e. The zero-order valence-corrected chi connectivity index (χ0v) is 17.7. The van der Waals surface area contributed by atoms with Crippen LogP contribution in [-0.4, -0.2) is 61.7 Å². The SMILES string of the molecule is CCS(=O)(=O)c1ccc(CC(=O)NCC2(N3CCSCC3)CCCC2)cc1. The van der Waals surface area contributed by atoms with Gasteiger partial charge in [0, 0.05) is 36.7 Å². The van der Waals surface area contributed by atoms with Crippen molar-refractivity contribution in [1.29, 1.82) is 0 Å². The number of nitrogens with zero attached hydrogens (tertiary/aromatic N) is 1. The summed E-state index contributed by atoms with van der Waals surface area (Å²) in [5.41, 5.74) is 0.979. The summed E-state index contributed by atoms with van der Waals surface area (Å²) in [6, 6.07) is 6.70. The van der Waals surface area contributed by atoms with Gasteiger partial charge in [0.25, 0.3) is 0 Å². The molecule has 27 heavy (non-hydrogen) atoms. The molecule has 0 spiro atoms. The van der Waals surface area contributed by atoms with Crippen LogP contribution in [0.5, 0.6) is 0 Å². The number of hydrogen-bond acceptors (Lipinski definition) is 5. The summed E-state index contributed by atoms with van der Waals surface area (Å²) in [4.78, 5) is 15.4. The van der Waals surface area contributed by atoms with Crippen LogP contribution in [0.2, 0.25) is 0 Å². The first kappa shape index (κ1) is 20.7. The number of nitrogens with one attached hydrogen (secondary N) is 1. The first-order chi connectivity index (χ1) is 13.0. The molecule has 1 saturated heterocycles. The average Bonchev–Trinajstić information content (AvgIpc) is 3.18. The predicted molar refractivity (Wildman–Crippen MR) is 111 cm³/mol. The fraction of sp³-hybridized carbons (Fsp3) is 0.650. The van der Waals surface area contributed by atoms with Crippen molar-refractivity contribution in [1.82, 2.24) is 10.2 Å². The largest absolute Gasteiger partial charge is 0.354 e. The molecule has 150 valence electrons. The van der Waals surface area contributed by atoms with Gasteiger partial charge in [0.1, 0.15) is 0 Å². The molecule has 0 aromatic heterocycles. The minimum absolute atomic E-state index is 0.0127. The Kier molecular flexibility index (Phi) is 6.87. The molecule has 1 N–H and O–H groups in total. The fourth-order valence-corrected chi connectivity index (χ4v) is 5.96. The van der Waals surface area contributed by atoms with Gasteiger partial charge in [0.2, 0.25) is 5.91 Å². The van der Waals surface area contributed by atoms with Crippen LogP contribution in [0.15, 0.2) is 29.2 Å². The van der Waals surface area contributed by atoms with E-state index in [1.807, 2.05) is 11.8 Å². The zero-order chi connectivity index (χ0) is 19.3. The summed E-state index contributed by atoms with van der Waals surface area (Å²) in [5, 5.41) is 3.16. The maximum atomic E-state index is 12.5. The van der Waals surface area contributed by atoms with Crippen molar-refractivity contribution in [2.75, 3.05) is 36.9 Å². The van der Waals surface area contributed by atoms with Crippen LogP contribution in [0.3, 0.4) is 0 Å². The highest BCUT2D eigenvalue weighted by molar-refractivity contribution is 7.99. The Hall–Kier alpha value is -1.05. The van der Waals surface area contributed by atoms with Crippen molar-refractivity contribution in [3.05, 3.63) is 29.8 Å². The predicted octanol–water partition coefficient (Wildman–Crippen LogP) is 2.50. The van der Waals surface area contributed by atoms with Crippen LogP contribution < -0.4 is 5.32 Å². The molecule has 1 aromatic rings. The highest BCUT2D eigenvalue weighted by Crippen LogP contribution is 2.36. The Bertz CT molecular complexity index is 735. The number of amides is 1.